The third-order valence-corrected chi connectivity index (χ3v) is 4.55. The number of pyridine rings is 1. The average Bonchev–Trinajstić information content (AvgIpc) is 2.65. The van der Waals surface area contributed by atoms with Crippen molar-refractivity contribution in [2.24, 2.45) is 0 Å². The molecule has 0 fully saturated rings. The summed E-state index contributed by atoms with van der Waals surface area (Å²) < 4.78 is 5.16. The third kappa shape index (κ3) is 4.24. The molecule has 134 valence electrons. The van der Waals surface area contributed by atoms with Gasteiger partial charge in [-0.05, 0) is 41.6 Å². The number of ether oxygens (including phenoxy) is 1. The van der Waals surface area contributed by atoms with Crippen LogP contribution in [0.1, 0.15) is 17.5 Å². The molecule has 0 spiro atoms. The lowest BCUT2D eigenvalue weighted by molar-refractivity contribution is -0.121. The molecule has 3 rings (SSSR count). The number of benzene rings is 2. The van der Waals surface area contributed by atoms with Crippen molar-refractivity contribution in [3.63, 3.8) is 0 Å². The second kappa shape index (κ2) is 8.06. The van der Waals surface area contributed by atoms with E-state index in [0.717, 1.165) is 10.9 Å². The molecule has 0 radical (unpaired) electrons. The zero-order chi connectivity index (χ0) is 18.5. The van der Waals surface area contributed by atoms with Crippen LogP contribution in [0.4, 0.5) is 0 Å². The first-order valence-electron chi connectivity index (χ1n) is 8.27. The van der Waals surface area contributed by atoms with Gasteiger partial charge >= 0.3 is 0 Å². The number of carbonyl (C=O) groups excluding carboxylic acids is 1. The number of fused-ring (bicyclic) bond motifs is 1. The summed E-state index contributed by atoms with van der Waals surface area (Å²) in [7, 11) is 1.58. The number of carbonyl (C=O) groups is 1. The largest absolute Gasteiger partial charge is 0.497 e. The Morgan fingerprint density at radius 3 is 2.73 bits per heavy atom. The fourth-order valence-corrected chi connectivity index (χ4v) is 2.91. The second-order valence-corrected chi connectivity index (χ2v) is 6.35. The number of nitrogens with one attached hydrogen (secondary N) is 2. The number of halogens is 1. The zero-order valence-electron chi connectivity index (χ0n) is 14.3. The number of aryl methyl sites for hydroxylation is 1. The molecule has 0 aliphatic heterocycles. The van der Waals surface area contributed by atoms with Crippen LogP contribution in [0.25, 0.3) is 10.9 Å². The smallest absolute Gasteiger partial charge is 0.251 e. The first-order chi connectivity index (χ1) is 12.6. The van der Waals surface area contributed by atoms with Crippen molar-refractivity contribution in [3.05, 3.63) is 75.0 Å². The lowest BCUT2D eigenvalue weighted by Crippen LogP contribution is -2.24. The van der Waals surface area contributed by atoms with E-state index >= 15 is 0 Å². The molecule has 0 unspecified atom stereocenters. The minimum atomic E-state index is -0.190. The number of methoxy groups -OCH3 is 1. The zero-order valence-corrected chi connectivity index (χ0v) is 15.1. The molecule has 26 heavy (non-hydrogen) atoms. The van der Waals surface area contributed by atoms with Crippen LogP contribution in [0.2, 0.25) is 5.02 Å². The molecule has 3 aromatic rings. The average molecular weight is 371 g/mol. The number of hydrogen-bond donors (Lipinski definition) is 2. The highest BCUT2D eigenvalue weighted by Crippen LogP contribution is 2.19. The van der Waals surface area contributed by atoms with Gasteiger partial charge in [-0.25, -0.2) is 0 Å². The van der Waals surface area contributed by atoms with Crippen LogP contribution >= 0.6 is 11.6 Å². The molecule has 0 saturated carbocycles. The van der Waals surface area contributed by atoms with E-state index in [-0.39, 0.29) is 17.9 Å². The predicted octanol–water partition coefficient (Wildman–Crippen LogP) is 3.44. The summed E-state index contributed by atoms with van der Waals surface area (Å²) in [5.74, 6) is 0.555. The van der Waals surface area contributed by atoms with Gasteiger partial charge < -0.3 is 15.0 Å². The van der Waals surface area contributed by atoms with Crippen molar-refractivity contribution in [2.45, 2.75) is 19.4 Å². The summed E-state index contributed by atoms with van der Waals surface area (Å²) in [6, 6.07) is 14.7. The van der Waals surface area contributed by atoms with Gasteiger partial charge in [-0.3, -0.25) is 9.59 Å². The van der Waals surface area contributed by atoms with Gasteiger partial charge in [0.2, 0.25) is 5.91 Å². The molecule has 0 aliphatic rings. The molecule has 1 heterocycles. The minimum Gasteiger partial charge on any atom is -0.497 e. The highest BCUT2D eigenvalue weighted by atomic mass is 35.5. The minimum absolute atomic E-state index is 0.126. The molecule has 0 aliphatic carbocycles. The van der Waals surface area contributed by atoms with E-state index < -0.39 is 0 Å². The van der Waals surface area contributed by atoms with Crippen molar-refractivity contribution in [3.8, 4) is 5.75 Å². The summed E-state index contributed by atoms with van der Waals surface area (Å²) >= 11 is 6.07. The molecule has 1 amide bonds. The van der Waals surface area contributed by atoms with Gasteiger partial charge in [-0.15, -0.1) is 0 Å². The number of rotatable bonds is 6. The van der Waals surface area contributed by atoms with Crippen LogP contribution in [0, 0.1) is 0 Å². The first kappa shape index (κ1) is 18.0. The van der Waals surface area contributed by atoms with E-state index in [9.17, 15) is 9.59 Å². The topological polar surface area (TPSA) is 71.2 Å². The SMILES string of the molecule is COc1ccc2cc(CCC(=O)NCc3ccccc3Cl)c(=O)[nH]c2c1. The van der Waals surface area contributed by atoms with Crippen LogP contribution in [0.15, 0.2) is 53.3 Å². The fraction of sp³-hybridized carbons (Fsp3) is 0.200. The van der Waals surface area contributed by atoms with E-state index in [1.54, 1.807) is 19.2 Å². The van der Waals surface area contributed by atoms with Crippen molar-refractivity contribution in [1.29, 1.82) is 0 Å². The highest BCUT2D eigenvalue weighted by molar-refractivity contribution is 6.31. The lowest BCUT2D eigenvalue weighted by Gasteiger charge is -2.08. The van der Waals surface area contributed by atoms with Gasteiger partial charge in [0.1, 0.15) is 5.75 Å². The number of hydrogen-bond acceptors (Lipinski definition) is 3. The molecule has 2 aromatic carbocycles. The van der Waals surface area contributed by atoms with Gasteiger partial charge in [-0.1, -0.05) is 29.8 Å². The maximum absolute atomic E-state index is 12.2. The number of amides is 1. The Labute approximate surface area is 156 Å². The van der Waals surface area contributed by atoms with E-state index in [1.807, 2.05) is 36.4 Å². The van der Waals surface area contributed by atoms with Crippen LogP contribution in [0.3, 0.4) is 0 Å². The monoisotopic (exact) mass is 370 g/mol. The summed E-state index contributed by atoms with van der Waals surface area (Å²) in [6.45, 7) is 0.367. The summed E-state index contributed by atoms with van der Waals surface area (Å²) in [5.41, 5.74) is 1.96. The molecule has 0 saturated heterocycles. The Hall–Kier alpha value is -2.79. The van der Waals surface area contributed by atoms with Gasteiger partial charge in [-0.2, -0.15) is 0 Å². The van der Waals surface area contributed by atoms with Crippen LogP contribution in [-0.2, 0) is 17.8 Å². The van der Waals surface area contributed by atoms with Crippen LogP contribution in [-0.4, -0.2) is 18.0 Å². The molecule has 0 atom stereocenters. The predicted molar refractivity (Wildman–Crippen MR) is 103 cm³/mol. The Balaban J connectivity index is 1.63. The lowest BCUT2D eigenvalue weighted by atomic mass is 10.1. The molecular weight excluding hydrogens is 352 g/mol. The Kier molecular flexibility index (Phi) is 5.58. The molecule has 2 N–H and O–H groups in total. The van der Waals surface area contributed by atoms with E-state index in [1.165, 1.54) is 0 Å². The number of H-pyrrole nitrogens is 1. The first-order valence-corrected chi connectivity index (χ1v) is 8.64. The van der Waals surface area contributed by atoms with Crippen molar-refractivity contribution < 1.29 is 9.53 Å². The summed E-state index contributed by atoms with van der Waals surface area (Å²) in [4.78, 5) is 27.1. The van der Waals surface area contributed by atoms with Crippen LogP contribution < -0.4 is 15.6 Å². The Morgan fingerprint density at radius 2 is 1.96 bits per heavy atom. The van der Waals surface area contributed by atoms with E-state index in [0.29, 0.717) is 34.8 Å². The van der Waals surface area contributed by atoms with Gasteiger partial charge in [0.25, 0.3) is 5.56 Å². The standard InChI is InChI=1S/C20H19ClN2O3/c1-26-16-8-6-13-10-14(20(25)23-18(13)11-16)7-9-19(24)22-12-15-4-2-3-5-17(15)21/h2-6,8,10-11H,7,9,12H2,1H3,(H,22,24)(H,23,25). The molecule has 6 heteroatoms. The van der Waals surface area contributed by atoms with Gasteiger partial charge in [0, 0.05) is 29.6 Å². The maximum atomic E-state index is 12.2. The molecule has 1 aromatic heterocycles. The third-order valence-electron chi connectivity index (χ3n) is 4.19. The van der Waals surface area contributed by atoms with E-state index in [4.69, 9.17) is 16.3 Å². The molecule has 0 bridgehead atoms. The van der Waals surface area contributed by atoms with E-state index in [2.05, 4.69) is 10.3 Å². The number of aromatic nitrogens is 1. The molecule has 5 nitrogen and oxygen atoms in total. The Morgan fingerprint density at radius 1 is 1.15 bits per heavy atom. The maximum Gasteiger partial charge on any atom is 0.251 e. The summed E-state index contributed by atoms with van der Waals surface area (Å²) in [6.07, 6.45) is 0.598. The quantitative estimate of drug-likeness (QED) is 0.698. The van der Waals surface area contributed by atoms with Crippen molar-refractivity contribution in [2.75, 3.05) is 7.11 Å². The van der Waals surface area contributed by atoms with Crippen molar-refractivity contribution >= 4 is 28.4 Å². The second-order valence-electron chi connectivity index (χ2n) is 5.95. The van der Waals surface area contributed by atoms with Gasteiger partial charge in [0.05, 0.1) is 12.6 Å². The van der Waals surface area contributed by atoms with Gasteiger partial charge in [0.15, 0.2) is 0 Å². The molecular formula is C20H19ClN2O3. The fourth-order valence-electron chi connectivity index (χ4n) is 2.71. The normalized spacial score (nSPS) is 10.7. The van der Waals surface area contributed by atoms with Crippen LogP contribution in [0.5, 0.6) is 5.75 Å². The Bertz CT molecular complexity index is 998. The van der Waals surface area contributed by atoms with Crippen molar-refractivity contribution in [1.82, 2.24) is 10.3 Å². The summed E-state index contributed by atoms with van der Waals surface area (Å²) in [5, 5.41) is 4.35. The highest BCUT2D eigenvalue weighted by Gasteiger charge is 2.08. The number of aromatic amines is 1.